The average Bonchev–Trinajstić information content (AvgIpc) is 2.80. The lowest BCUT2D eigenvalue weighted by atomic mass is 10.1. The number of nitro groups is 1. The zero-order valence-electron chi connectivity index (χ0n) is 16.9. The second kappa shape index (κ2) is 10.2. The zero-order valence-corrected chi connectivity index (χ0v) is 17.6. The molecule has 0 bridgehead atoms. The van der Waals surface area contributed by atoms with Crippen LogP contribution in [0.3, 0.4) is 0 Å². The lowest BCUT2D eigenvalue weighted by Gasteiger charge is -2.13. The third-order valence-corrected chi connectivity index (χ3v) is 4.71. The summed E-state index contributed by atoms with van der Waals surface area (Å²) < 4.78 is 5.21. The lowest BCUT2D eigenvalue weighted by Crippen LogP contribution is -2.31. The van der Waals surface area contributed by atoms with Crippen LogP contribution in [0.1, 0.15) is 15.9 Å². The van der Waals surface area contributed by atoms with Gasteiger partial charge in [-0.25, -0.2) is 0 Å². The number of methoxy groups -OCH3 is 1. The quantitative estimate of drug-likeness (QED) is 0.308. The first-order chi connectivity index (χ1) is 15.4. The van der Waals surface area contributed by atoms with Crippen molar-refractivity contribution in [2.45, 2.75) is 0 Å². The van der Waals surface area contributed by atoms with E-state index in [2.05, 4.69) is 10.6 Å². The highest BCUT2D eigenvalue weighted by Crippen LogP contribution is 2.22. The van der Waals surface area contributed by atoms with Gasteiger partial charge in [-0.2, -0.15) is 0 Å². The minimum atomic E-state index is -0.625. The van der Waals surface area contributed by atoms with E-state index in [1.165, 1.54) is 37.5 Å². The molecule has 0 saturated carbocycles. The molecule has 0 aromatic heterocycles. The summed E-state index contributed by atoms with van der Waals surface area (Å²) in [6.45, 7) is 0. The highest BCUT2D eigenvalue weighted by Gasteiger charge is 2.18. The average molecular weight is 452 g/mol. The number of rotatable bonds is 7. The van der Waals surface area contributed by atoms with Crippen LogP contribution in [0.2, 0.25) is 5.02 Å². The van der Waals surface area contributed by atoms with E-state index in [0.29, 0.717) is 22.0 Å². The summed E-state index contributed by atoms with van der Waals surface area (Å²) in [5.74, 6) is -0.851. The van der Waals surface area contributed by atoms with Gasteiger partial charge in [0.15, 0.2) is 0 Å². The van der Waals surface area contributed by atoms with Gasteiger partial charge in [0.05, 0.1) is 28.3 Å². The monoisotopic (exact) mass is 451 g/mol. The Balaban J connectivity index is 1.94. The van der Waals surface area contributed by atoms with Gasteiger partial charge < -0.3 is 15.4 Å². The number of halogens is 1. The fourth-order valence-corrected chi connectivity index (χ4v) is 2.97. The van der Waals surface area contributed by atoms with Crippen LogP contribution < -0.4 is 15.4 Å². The summed E-state index contributed by atoms with van der Waals surface area (Å²) in [6.07, 6.45) is 1.41. The normalized spacial score (nSPS) is 10.9. The Bertz CT molecular complexity index is 1190. The Morgan fingerprint density at radius 2 is 1.66 bits per heavy atom. The van der Waals surface area contributed by atoms with E-state index in [4.69, 9.17) is 16.3 Å². The van der Waals surface area contributed by atoms with Crippen molar-refractivity contribution in [3.8, 4) is 5.75 Å². The molecule has 9 heteroatoms. The van der Waals surface area contributed by atoms with E-state index in [-0.39, 0.29) is 16.9 Å². The molecule has 3 aromatic rings. The largest absolute Gasteiger partial charge is 0.496 e. The number of nitrogens with one attached hydrogen (secondary N) is 2. The van der Waals surface area contributed by atoms with Crippen molar-refractivity contribution in [3.63, 3.8) is 0 Å². The molecule has 0 aliphatic rings. The van der Waals surface area contributed by atoms with Crippen LogP contribution in [-0.4, -0.2) is 23.8 Å². The molecule has 0 atom stereocenters. The maximum atomic E-state index is 13.0. The van der Waals surface area contributed by atoms with Crippen molar-refractivity contribution in [1.82, 2.24) is 5.32 Å². The van der Waals surface area contributed by atoms with Crippen molar-refractivity contribution < 1.29 is 19.2 Å². The predicted octanol–water partition coefficient (Wildman–Crippen LogP) is 4.67. The van der Waals surface area contributed by atoms with Crippen LogP contribution in [0.25, 0.3) is 6.08 Å². The molecule has 2 amide bonds. The van der Waals surface area contributed by atoms with Crippen molar-refractivity contribution in [1.29, 1.82) is 0 Å². The van der Waals surface area contributed by atoms with Gasteiger partial charge in [-0.1, -0.05) is 35.9 Å². The van der Waals surface area contributed by atoms with E-state index < -0.39 is 16.7 Å². The highest BCUT2D eigenvalue weighted by molar-refractivity contribution is 6.34. The van der Waals surface area contributed by atoms with Gasteiger partial charge in [0.2, 0.25) is 0 Å². The van der Waals surface area contributed by atoms with E-state index in [1.807, 2.05) is 0 Å². The van der Waals surface area contributed by atoms with Crippen molar-refractivity contribution in [2.24, 2.45) is 0 Å². The van der Waals surface area contributed by atoms with Crippen LogP contribution in [0.15, 0.2) is 78.5 Å². The predicted molar refractivity (Wildman–Crippen MR) is 122 cm³/mol. The molecule has 8 nitrogen and oxygen atoms in total. The standard InChI is InChI=1S/C23H18ClN3O5/c1-32-21-9-5-2-6-17(21)22(28)26-20(14-15-10-12-16(13-11-15)27(30)31)23(29)25-19-8-4-3-7-18(19)24/h2-14H,1H3,(H,25,29)(H,26,28). The van der Waals surface area contributed by atoms with Gasteiger partial charge >= 0.3 is 0 Å². The fraction of sp³-hybridized carbons (Fsp3) is 0.0435. The number of amides is 2. The van der Waals surface area contributed by atoms with Gasteiger partial charge in [0.25, 0.3) is 17.5 Å². The summed E-state index contributed by atoms with van der Waals surface area (Å²) in [5.41, 5.74) is 0.882. The molecule has 0 saturated heterocycles. The molecule has 0 radical (unpaired) electrons. The first-order valence-corrected chi connectivity index (χ1v) is 9.73. The third kappa shape index (κ3) is 5.50. The number of carbonyl (C=O) groups is 2. The number of nitrogens with zero attached hydrogens (tertiary/aromatic N) is 1. The molecular formula is C23H18ClN3O5. The van der Waals surface area contributed by atoms with Gasteiger partial charge in [0, 0.05) is 12.1 Å². The third-order valence-electron chi connectivity index (χ3n) is 4.38. The number of ether oxygens (including phenoxy) is 1. The number of non-ortho nitro benzene ring substituents is 1. The molecule has 0 fully saturated rings. The molecule has 2 N–H and O–H groups in total. The first-order valence-electron chi connectivity index (χ1n) is 9.35. The molecule has 162 valence electrons. The Kier molecular flexibility index (Phi) is 7.20. The number of carbonyl (C=O) groups excluding carboxylic acids is 2. The van der Waals surface area contributed by atoms with E-state index >= 15 is 0 Å². The number of hydrogen-bond donors (Lipinski definition) is 2. The maximum absolute atomic E-state index is 13.0. The number of para-hydroxylation sites is 2. The molecule has 0 unspecified atom stereocenters. The Morgan fingerprint density at radius 3 is 2.31 bits per heavy atom. The number of nitro benzene ring substituents is 1. The maximum Gasteiger partial charge on any atom is 0.272 e. The molecule has 3 rings (SSSR count). The van der Waals surface area contributed by atoms with Crippen molar-refractivity contribution in [3.05, 3.63) is 105 Å². The smallest absolute Gasteiger partial charge is 0.272 e. The van der Waals surface area contributed by atoms with E-state index in [1.54, 1.807) is 48.5 Å². The van der Waals surface area contributed by atoms with E-state index in [9.17, 15) is 19.7 Å². The van der Waals surface area contributed by atoms with Gasteiger partial charge in [-0.3, -0.25) is 19.7 Å². The number of hydrogen-bond acceptors (Lipinski definition) is 5. The Morgan fingerprint density at radius 1 is 1.00 bits per heavy atom. The minimum absolute atomic E-state index is 0.0883. The van der Waals surface area contributed by atoms with Crippen molar-refractivity contribution >= 4 is 40.9 Å². The SMILES string of the molecule is COc1ccccc1C(=O)NC(=Cc1ccc([N+](=O)[O-])cc1)C(=O)Nc1ccccc1Cl. The Labute approximate surface area is 188 Å². The van der Waals surface area contributed by atoms with Crippen molar-refractivity contribution in [2.75, 3.05) is 12.4 Å². The zero-order chi connectivity index (χ0) is 23.1. The number of benzene rings is 3. The first kappa shape index (κ1) is 22.5. The summed E-state index contributed by atoms with van der Waals surface area (Å²) in [6, 6.07) is 18.8. The lowest BCUT2D eigenvalue weighted by molar-refractivity contribution is -0.384. The molecule has 0 heterocycles. The van der Waals surface area contributed by atoms with Crippen LogP contribution in [0.5, 0.6) is 5.75 Å². The van der Waals surface area contributed by atoms with Gasteiger partial charge in [-0.15, -0.1) is 0 Å². The van der Waals surface area contributed by atoms with Gasteiger partial charge in [0.1, 0.15) is 11.4 Å². The topological polar surface area (TPSA) is 111 Å². The molecule has 0 aliphatic heterocycles. The molecule has 0 spiro atoms. The second-order valence-electron chi connectivity index (χ2n) is 6.50. The van der Waals surface area contributed by atoms with Gasteiger partial charge in [-0.05, 0) is 48.0 Å². The summed E-state index contributed by atoms with van der Waals surface area (Å²) >= 11 is 6.12. The molecule has 3 aromatic carbocycles. The molecule has 32 heavy (non-hydrogen) atoms. The molecule has 0 aliphatic carbocycles. The van der Waals surface area contributed by atoms with Crippen LogP contribution in [-0.2, 0) is 4.79 Å². The number of anilines is 1. The Hall–Kier alpha value is -4.17. The minimum Gasteiger partial charge on any atom is -0.496 e. The summed E-state index contributed by atoms with van der Waals surface area (Å²) in [7, 11) is 1.43. The van der Waals surface area contributed by atoms with Crippen LogP contribution in [0, 0.1) is 10.1 Å². The van der Waals surface area contributed by atoms with Crippen LogP contribution in [0.4, 0.5) is 11.4 Å². The second-order valence-corrected chi connectivity index (χ2v) is 6.90. The molecular weight excluding hydrogens is 434 g/mol. The summed E-state index contributed by atoms with van der Waals surface area (Å²) in [5, 5.41) is 16.4. The van der Waals surface area contributed by atoms with Crippen LogP contribution >= 0.6 is 11.6 Å². The fourth-order valence-electron chi connectivity index (χ4n) is 2.79. The van der Waals surface area contributed by atoms with E-state index in [0.717, 1.165) is 0 Å². The highest BCUT2D eigenvalue weighted by atomic mass is 35.5. The summed E-state index contributed by atoms with van der Waals surface area (Å²) in [4.78, 5) is 36.2.